The van der Waals surface area contributed by atoms with E-state index in [2.05, 4.69) is 4.74 Å². The molecule has 0 fully saturated rings. The van der Waals surface area contributed by atoms with Crippen molar-refractivity contribution in [1.82, 2.24) is 0 Å². The second-order valence-electron chi connectivity index (χ2n) is 8.12. The SMILES string of the molecule is Cc1cc(SCCC(C)Oc2ccc(OC(F)(F)F)cc2Oc2ccccc2)ccc1CCC(=O)O. The molecule has 0 aliphatic carbocycles. The second-order valence-corrected chi connectivity index (χ2v) is 9.29. The Morgan fingerprint density at radius 2 is 1.75 bits per heavy atom. The maximum absolute atomic E-state index is 12.7. The minimum absolute atomic E-state index is 0.0987. The van der Waals surface area contributed by atoms with Crippen molar-refractivity contribution >= 4 is 17.7 Å². The van der Waals surface area contributed by atoms with E-state index in [0.29, 0.717) is 24.3 Å². The van der Waals surface area contributed by atoms with Crippen LogP contribution in [0.5, 0.6) is 23.0 Å². The van der Waals surface area contributed by atoms with E-state index < -0.39 is 18.1 Å². The monoisotopic (exact) mass is 520 g/mol. The summed E-state index contributed by atoms with van der Waals surface area (Å²) >= 11 is 1.65. The van der Waals surface area contributed by atoms with E-state index in [4.69, 9.17) is 14.6 Å². The number of hydrogen-bond acceptors (Lipinski definition) is 5. The van der Waals surface area contributed by atoms with Gasteiger partial charge in [-0.05, 0) is 74.2 Å². The van der Waals surface area contributed by atoms with Gasteiger partial charge >= 0.3 is 12.3 Å². The molecule has 0 bridgehead atoms. The molecule has 0 aromatic heterocycles. The number of halogens is 3. The molecule has 36 heavy (non-hydrogen) atoms. The summed E-state index contributed by atoms with van der Waals surface area (Å²) in [5.41, 5.74) is 2.07. The van der Waals surface area contributed by atoms with Gasteiger partial charge in [0.05, 0.1) is 6.10 Å². The summed E-state index contributed by atoms with van der Waals surface area (Å²) in [5, 5.41) is 8.87. The molecule has 1 unspecified atom stereocenters. The highest BCUT2D eigenvalue weighted by Crippen LogP contribution is 2.37. The molecule has 0 aliphatic heterocycles. The topological polar surface area (TPSA) is 65.0 Å². The van der Waals surface area contributed by atoms with Gasteiger partial charge < -0.3 is 19.3 Å². The van der Waals surface area contributed by atoms with Crippen LogP contribution in [-0.2, 0) is 11.2 Å². The molecule has 3 aromatic carbocycles. The van der Waals surface area contributed by atoms with E-state index in [1.807, 2.05) is 32.0 Å². The Hall–Kier alpha value is -3.33. The van der Waals surface area contributed by atoms with E-state index in [9.17, 15) is 18.0 Å². The van der Waals surface area contributed by atoms with Gasteiger partial charge in [0.15, 0.2) is 11.5 Å². The van der Waals surface area contributed by atoms with Gasteiger partial charge in [0.25, 0.3) is 0 Å². The smallest absolute Gasteiger partial charge is 0.487 e. The number of rotatable bonds is 12. The third-order valence-corrected chi connectivity index (χ3v) is 6.19. The van der Waals surface area contributed by atoms with Crippen LogP contribution in [0, 0.1) is 6.92 Å². The molecule has 0 radical (unpaired) electrons. The normalized spacial score (nSPS) is 12.1. The van der Waals surface area contributed by atoms with Gasteiger partial charge in [-0.25, -0.2) is 0 Å². The molecule has 0 heterocycles. The Morgan fingerprint density at radius 1 is 1.00 bits per heavy atom. The Labute approximate surface area is 212 Å². The number of carboxylic acids is 1. The standard InChI is InChI=1S/C27H27F3O5S/c1-18-16-23(11-8-20(18)9-13-26(31)32)36-15-14-19(2)33-24-12-10-22(35-27(28,29)30)17-25(24)34-21-6-4-3-5-7-21/h3-8,10-12,16-17,19H,9,13-15H2,1-2H3,(H,31,32). The maximum Gasteiger partial charge on any atom is 0.573 e. The number of carboxylic acid groups (broad SMARTS) is 1. The van der Waals surface area contributed by atoms with Gasteiger partial charge in [0, 0.05) is 23.1 Å². The lowest BCUT2D eigenvalue weighted by molar-refractivity contribution is -0.274. The molecule has 0 saturated heterocycles. The molecule has 5 nitrogen and oxygen atoms in total. The van der Waals surface area contributed by atoms with Crippen LogP contribution in [0.15, 0.2) is 71.6 Å². The van der Waals surface area contributed by atoms with Gasteiger partial charge in [-0.2, -0.15) is 0 Å². The summed E-state index contributed by atoms with van der Waals surface area (Å²) in [7, 11) is 0. The Kier molecular flexibility index (Phi) is 9.52. The first-order valence-electron chi connectivity index (χ1n) is 11.3. The zero-order valence-corrected chi connectivity index (χ0v) is 20.7. The van der Waals surface area contributed by atoms with Crippen molar-refractivity contribution in [3.05, 3.63) is 77.9 Å². The van der Waals surface area contributed by atoms with E-state index in [-0.39, 0.29) is 18.3 Å². The lowest BCUT2D eigenvalue weighted by Crippen LogP contribution is -2.17. The molecular weight excluding hydrogens is 493 g/mol. The fourth-order valence-electron chi connectivity index (χ4n) is 3.38. The number of para-hydroxylation sites is 1. The van der Waals surface area contributed by atoms with Crippen LogP contribution in [-0.4, -0.2) is 29.3 Å². The van der Waals surface area contributed by atoms with Crippen LogP contribution in [0.25, 0.3) is 0 Å². The predicted molar refractivity (Wildman–Crippen MR) is 132 cm³/mol. The average molecular weight is 521 g/mol. The van der Waals surface area contributed by atoms with E-state index >= 15 is 0 Å². The van der Waals surface area contributed by atoms with Crippen LogP contribution in [0.4, 0.5) is 13.2 Å². The first-order chi connectivity index (χ1) is 17.1. The second kappa shape index (κ2) is 12.6. The number of alkyl halides is 3. The van der Waals surface area contributed by atoms with Gasteiger partial charge in [-0.3, -0.25) is 4.79 Å². The molecule has 0 aliphatic rings. The van der Waals surface area contributed by atoms with E-state index in [1.54, 1.807) is 42.1 Å². The molecule has 192 valence electrons. The number of hydrogen-bond donors (Lipinski definition) is 1. The molecule has 9 heteroatoms. The Morgan fingerprint density at radius 3 is 2.42 bits per heavy atom. The fraction of sp³-hybridized carbons (Fsp3) is 0.296. The zero-order valence-electron chi connectivity index (χ0n) is 19.9. The van der Waals surface area contributed by atoms with Gasteiger partial charge in [-0.1, -0.05) is 24.3 Å². The predicted octanol–water partition coefficient (Wildman–Crippen LogP) is 7.65. The van der Waals surface area contributed by atoms with Crippen LogP contribution in [0.3, 0.4) is 0 Å². The molecule has 1 N–H and O–H groups in total. The van der Waals surface area contributed by atoms with Crippen molar-refractivity contribution in [3.8, 4) is 23.0 Å². The third kappa shape index (κ3) is 9.03. The van der Waals surface area contributed by atoms with Gasteiger partial charge in [-0.15, -0.1) is 24.9 Å². The van der Waals surface area contributed by atoms with Gasteiger partial charge in [0.2, 0.25) is 0 Å². The van der Waals surface area contributed by atoms with Crippen molar-refractivity contribution in [1.29, 1.82) is 0 Å². The fourth-order valence-corrected chi connectivity index (χ4v) is 4.49. The highest BCUT2D eigenvalue weighted by atomic mass is 32.2. The van der Waals surface area contributed by atoms with Crippen molar-refractivity contribution in [3.63, 3.8) is 0 Å². The first kappa shape index (κ1) is 27.3. The average Bonchev–Trinajstić information content (AvgIpc) is 2.80. The minimum Gasteiger partial charge on any atom is -0.487 e. The van der Waals surface area contributed by atoms with Crippen LogP contribution >= 0.6 is 11.8 Å². The summed E-state index contributed by atoms with van der Waals surface area (Å²) < 4.78 is 53.9. The largest absolute Gasteiger partial charge is 0.573 e. The molecule has 0 amide bonds. The molecule has 3 aromatic rings. The Bertz CT molecular complexity index is 1150. The lowest BCUT2D eigenvalue weighted by Gasteiger charge is -2.19. The summed E-state index contributed by atoms with van der Waals surface area (Å²) in [5.74, 6) is 0.420. The highest BCUT2D eigenvalue weighted by Gasteiger charge is 2.31. The number of ether oxygens (including phenoxy) is 3. The summed E-state index contributed by atoms with van der Waals surface area (Å²) in [6.45, 7) is 3.85. The number of aryl methyl sites for hydroxylation is 2. The molecule has 0 saturated carbocycles. The van der Waals surface area contributed by atoms with Crippen molar-refractivity contribution < 1.29 is 37.3 Å². The van der Waals surface area contributed by atoms with E-state index in [0.717, 1.165) is 27.8 Å². The van der Waals surface area contributed by atoms with Crippen molar-refractivity contribution in [2.24, 2.45) is 0 Å². The van der Waals surface area contributed by atoms with E-state index in [1.165, 1.54) is 12.1 Å². The van der Waals surface area contributed by atoms with Crippen LogP contribution in [0.1, 0.15) is 30.9 Å². The summed E-state index contributed by atoms with van der Waals surface area (Å²) in [4.78, 5) is 11.9. The number of aliphatic carboxylic acids is 1. The summed E-state index contributed by atoms with van der Waals surface area (Å²) in [6, 6.07) is 18.4. The van der Waals surface area contributed by atoms with Crippen molar-refractivity contribution in [2.75, 3.05) is 5.75 Å². The molecule has 3 rings (SSSR count). The quantitative estimate of drug-likeness (QED) is 0.248. The molecule has 1 atom stereocenters. The summed E-state index contributed by atoms with van der Waals surface area (Å²) in [6.07, 6.45) is -3.78. The highest BCUT2D eigenvalue weighted by molar-refractivity contribution is 7.99. The van der Waals surface area contributed by atoms with Crippen LogP contribution < -0.4 is 14.2 Å². The van der Waals surface area contributed by atoms with Crippen LogP contribution in [0.2, 0.25) is 0 Å². The molecule has 0 spiro atoms. The number of benzene rings is 3. The van der Waals surface area contributed by atoms with Gasteiger partial charge in [0.1, 0.15) is 11.5 Å². The minimum atomic E-state index is -4.82. The maximum atomic E-state index is 12.7. The number of carbonyl (C=O) groups is 1. The number of thioether (sulfide) groups is 1. The zero-order chi connectivity index (χ0) is 26.1. The third-order valence-electron chi connectivity index (χ3n) is 5.16. The van der Waals surface area contributed by atoms with Crippen molar-refractivity contribution in [2.45, 2.75) is 50.5 Å². The Balaban J connectivity index is 1.61. The molecular formula is C27H27F3O5S. The lowest BCUT2D eigenvalue weighted by atomic mass is 10.0. The first-order valence-corrected chi connectivity index (χ1v) is 12.3.